The highest BCUT2D eigenvalue weighted by Crippen LogP contribution is 2.48. The maximum Gasteiger partial charge on any atom is 0.271 e. The van der Waals surface area contributed by atoms with Gasteiger partial charge < -0.3 is 23.3 Å². The van der Waals surface area contributed by atoms with Crippen LogP contribution in [0.5, 0.6) is 11.5 Å². The molecule has 0 fully saturated rings. The molecule has 2 unspecified atom stereocenters. The SMILES string of the molecule is COc1ccc(C(OCC(CCn2cnc3c(sc4nc(C)cc(C)c43)c2=O)OP(OCCC#N)N(C(C)C)C(C)C)(c2ccccc2)c2ccc(OC)cc2)cc1. The molecule has 0 radical (unpaired) electrons. The van der Waals surface area contributed by atoms with Gasteiger partial charge in [-0.2, -0.15) is 5.26 Å². The number of aromatic nitrogens is 3. The van der Waals surface area contributed by atoms with Gasteiger partial charge in [0.15, 0.2) is 0 Å². The van der Waals surface area contributed by atoms with Crippen molar-refractivity contribution in [2.24, 2.45) is 0 Å². The maximum atomic E-state index is 14.1. The normalized spacial score (nSPS) is 13.1. The molecule has 13 heteroatoms. The van der Waals surface area contributed by atoms with Gasteiger partial charge in [-0.05, 0) is 101 Å². The summed E-state index contributed by atoms with van der Waals surface area (Å²) in [5.74, 6) is 1.44. The van der Waals surface area contributed by atoms with Gasteiger partial charge in [0.2, 0.25) is 0 Å². The fourth-order valence-corrected chi connectivity index (χ4v) is 10.2. The highest BCUT2D eigenvalue weighted by molar-refractivity contribution is 7.44. The minimum Gasteiger partial charge on any atom is -0.497 e. The highest BCUT2D eigenvalue weighted by atomic mass is 32.1. The number of ether oxygens (including phenoxy) is 3. The summed E-state index contributed by atoms with van der Waals surface area (Å²) < 4.78 is 36.3. The van der Waals surface area contributed by atoms with Crippen molar-refractivity contribution in [2.45, 2.75) is 84.7 Å². The van der Waals surface area contributed by atoms with Crippen LogP contribution < -0.4 is 15.0 Å². The quantitative estimate of drug-likeness (QED) is 0.0444. The first-order chi connectivity index (χ1) is 28.0. The van der Waals surface area contributed by atoms with Crippen molar-refractivity contribution < 1.29 is 23.3 Å². The van der Waals surface area contributed by atoms with Gasteiger partial charge in [0, 0.05) is 29.7 Å². The lowest BCUT2D eigenvalue weighted by Gasteiger charge is -2.39. The molecule has 2 atom stereocenters. The van der Waals surface area contributed by atoms with Crippen LogP contribution in [0, 0.1) is 25.2 Å². The number of methoxy groups -OCH3 is 2. The van der Waals surface area contributed by atoms with Crippen LogP contribution in [0.4, 0.5) is 0 Å². The van der Waals surface area contributed by atoms with Crippen molar-refractivity contribution in [1.29, 1.82) is 5.26 Å². The zero-order chi connectivity index (χ0) is 41.4. The third-order valence-corrected chi connectivity index (χ3v) is 13.2. The summed E-state index contributed by atoms with van der Waals surface area (Å²) in [6, 6.07) is 30.3. The second-order valence-corrected chi connectivity index (χ2v) is 17.1. The van der Waals surface area contributed by atoms with Crippen molar-refractivity contribution in [3.63, 3.8) is 0 Å². The van der Waals surface area contributed by atoms with E-state index in [0.717, 1.165) is 49.7 Å². The Kier molecular flexibility index (Phi) is 14.3. The van der Waals surface area contributed by atoms with Crippen LogP contribution in [0.3, 0.4) is 0 Å². The van der Waals surface area contributed by atoms with Crippen molar-refractivity contribution in [1.82, 2.24) is 19.2 Å². The van der Waals surface area contributed by atoms with E-state index in [1.165, 1.54) is 11.3 Å². The number of pyridine rings is 1. The highest BCUT2D eigenvalue weighted by Gasteiger charge is 2.40. The molecule has 0 spiro atoms. The molecule has 0 N–H and O–H groups in total. The lowest BCUT2D eigenvalue weighted by atomic mass is 9.80. The number of benzene rings is 3. The summed E-state index contributed by atoms with van der Waals surface area (Å²) in [5.41, 5.74) is 4.08. The Balaban J connectivity index is 1.43. The summed E-state index contributed by atoms with van der Waals surface area (Å²) >= 11 is 1.38. The first-order valence-electron chi connectivity index (χ1n) is 19.5. The predicted molar refractivity (Wildman–Crippen MR) is 232 cm³/mol. The van der Waals surface area contributed by atoms with Crippen LogP contribution in [0.1, 0.15) is 68.5 Å². The monoisotopic (exact) mass is 821 g/mol. The number of rotatable bonds is 19. The molecular weight excluding hydrogens is 770 g/mol. The number of hydrogen-bond donors (Lipinski definition) is 0. The van der Waals surface area contributed by atoms with Gasteiger partial charge in [-0.3, -0.25) is 9.36 Å². The Morgan fingerprint density at radius 2 is 1.50 bits per heavy atom. The molecule has 0 bridgehead atoms. The molecule has 0 aliphatic carbocycles. The first kappa shape index (κ1) is 42.9. The molecule has 6 aromatic rings. The molecule has 0 saturated heterocycles. The second kappa shape index (κ2) is 19.3. The van der Waals surface area contributed by atoms with E-state index >= 15 is 0 Å². The number of nitrogens with zero attached hydrogens (tertiary/aromatic N) is 5. The van der Waals surface area contributed by atoms with Crippen molar-refractivity contribution in [3.05, 3.63) is 130 Å². The standard InChI is InChI=1S/C45H52N5O6PS/c1-30(2)50(31(3)4)57(55-26-12-24-46)56-39(23-25-49-29-47-41-40-32(5)27-33(6)48-43(40)58-42(41)44(49)51)28-54-45(34-13-10-9-11-14-34,35-15-19-37(52-7)20-16-35)36-17-21-38(53-8)22-18-36/h9-11,13-22,27,29-31,39H,12,23,25-26,28H2,1-8H3. The van der Waals surface area contributed by atoms with Gasteiger partial charge in [-0.15, -0.1) is 11.3 Å². The molecular formula is C45H52N5O6PS. The Hall–Kier alpha value is -4.73. The average Bonchev–Trinajstić information content (AvgIpc) is 3.60. The van der Waals surface area contributed by atoms with Crippen molar-refractivity contribution >= 4 is 40.3 Å². The number of hydrogen-bond acceptors (Lipinski definition) is 11. The molecule has 3 heterocycles. The number of aryl methyl sites for hydroxylation is 3. The molecule has 0 aliphatic rings. The second-order valence-electron chi connectivity index (χ2n) is 14.7. The smallest absolute Gasteiger partial charge is 0.271 e. The van der Waals surface area contributed by atoms with Crippen LogP contribution in [0.2, 0.25) is 0 Å². The largest absolute Gasteiger partial charge is 0.497 e. The zero-order valence-corrected chi connectivity index (χ0v) is 36.2. The molecule has 58 heavy (non-hydrogen) atoms. The lowest BCUT2D eigenvalue weighted by Crippen LogP contribution is -2.38. The van der Waals surface area contributed by atoms with E-state index in [4.69, 9.17) is 33.2 Å². The van der Waals surface area contributed by atoms with Gasteiger partial charge in [0.05, 0.1) is 57.9 Å². The third-order valence-electron chi connectivity index (χ3n) is 10.00. The van der Waals surface area contributed by atoms with E-state index in [1.54, 1.807) is 25.1 Å². The zero-order valence-electron chi connectivity index (χ0n) is 34.5. The fourth-order valence-electron chi connectivity index (χ4n) is 7.32. The topological polar surface area (TPSA) is 121 Å². The summed E-state index contributed by atoms with van der Waals surface area (Å²) in [6.45, 7) is 13.1. The summed E-state index contributed by atoms with van der Waals surface area (Å²) in [7, 11) is 1.64. The third kappa shape index (κ3) is 9.26. The van der Waals surface area contributed by atoms with Crippen LogP contribution in [0.25, 0.3) is 20.4 Å². The van der Waals surface area contributed by atoms with Gasteiger partial charge in [0.25, 0.3) is 14.1 Å². The first-order valence-corrected chi connectivity index (χ1v) is 21.4. The van der Waals surface area contributed by atoms with Crippen LogP contribution in [-0.4, -0.2) is 64.8 Å². The Morgan fingerprint density at radius 3 is 2.07 bits per heavy atom. The van der Waals surface area contributed by atoms with E-state index in [2.05, 4.69) is 50.6 Å². The molecule has 0 amide bonds. The Bertz CT molecular complexity index is 2320. The lowest BCUT2D eigenvalue weighted by molar-refractivity contribution is -0.0372. The Labute approximate surface area is 346 Å². The van der Waals surface area contributed by atoms with Crippen molar-refractivity contribution in [3.8, 4) is 17.6 Å². The van der Waals surface area contributed by atoms with Gasteiger partial charge in [-0.1, -0.05) is 54.6 Å². The molecule has 3 aromatic heterocycles. The summed E-state index contributed by atoms with van der Waals surface area (Å²) in [4.78, 5) is 24.4. The van der Waals surface area contributed by atoms with Gasteiger partial charge in [-0.25, -0.2) is 14.6 Å². The van der Waals surface area contributed by atoms with Gasteiger partial charge in [0.1, 0.15) is 26.6 Å². The van der Waals surface area contributed by atoms with Crippen LogP contribution in [-0.2, 0) is 25.9 Å². The predicted octanol–water partition coefficient (Wildman–Crippen LogP) is 9.70. The minimum absolute atomic E-state index is 0.0830. The van der Waals surface area contributed by atoms with E-state index in [9.17, 15) is 10.1 Å². The molecule has 6 rings (SSSR count). The molecule has 304 valence electrons. The number of thiophene rings is 1. The summed E-state index contributed by atoms with van der Waals surface area (Å²) in [6.07, 6.45) is 1.68. The van der Waals surface area contributed by atoms with Crippen LogP contribution >= 0.6 is 19.9 Å². The van der Waals surface area contributed by atoms with E-state index in [-0.39, 0.29) is 37.3 Å². The summed E-state index contributed by atoms with van der Waals surface area (Å²) in [5, 5.41) is 10.3. The minimum atomic E-state index is -1.65. The maximum absolute atomic E-state index is 14.1. The van der Waals surface area contributed by atoms with Gasteiger partial charge >= 0.3 is 0 Å². The molecule has 3 aromatic carbocycles. The Morgan fingerprint density at radius 1 is 0.897 bits per heavy atom. The van der Waals surface area contributed by atoms with E-state index in [0.29, 0.717) is 23.2 Å². The molecule has 0 saturated carbocycles. The molecule has 11 nitrogen and oxygen atoms in total. The number of fused-ring (bicyclic) bond motifs is 3. The van der Waals surface area contributed by atoms with E-state index < -0.39 is 20.2 Å². The average molecular weight is 822 g/mol. The van der Waals surface area contributed by atoms with E-state index in [1.807, 2.05) is 86.6 Å². The van der Waals surface area contributed by atoms with Crippen molar-refractivity contribution in [2.75, 3.05) is 27.4 Å². The van der Waals surface area contributed by atoms with Crippen LogP contribution in [0.15, 0.2) is 96.1 Å². The molecule has 0 aliphatic heterocycles. The fraction of sp³-hybridized carbons (Fsp3) is 0.378. The number of nitriles is 1.